The molecular formula is C19H12Br2F5S. The van der Waals surface area contributed by atoms with Crippen LogP contribution in [0.15, 0.2) is 59.5 Å². The summed E-state index contributed by atoms with van der Waals surface area (Å²) in [6.45, 7) is 0. The monoisotopic (exact) mass is 525 g/mol. The predicted molar refractivity (Wildman–Crippen MR) is 105 cm³/mol. The van der Waals surface area contributed by atoms with Gasteiger partial charge in [0.2, 0.25) is 0 Å². The Morgan fingerprint density at radius 1 is 0.852 bits per heavy atom. The highest BCUT2D eigenvalue weighted by Crippen LogP contribution is 2.58. The summed E-state index contributed by atoms with van der Waals surface area (Å²) in [6, 6.07) is 11.6. The van der Waals surface area contributed by atoms with Crippen LogP contribution in [0.1, 0.15) is 17.5 Å². The number of allylic oxidation sites excluding steroid dienone is 2. The summed E-state index contributed by atoms with van der Waals surface area (Å²) in [7, 11) is 0. The van der Waals surface area contributed by atoms with E-state index in [2.05, 4.69) is 31.9 Å². The smallest absolute Gasteiger partial charge is 0.207 e. The molecule has 0 N–H and O–H groups in total. The molecule has 1 radical (unpaired) electrons. The van der Waals surface area contributed by atoms with Crippen LogP contribution in [0, 0.1) is 18.1 Å². The van der Waals surface area contributed by atoms with Crippen molar-refractivity contribution in [3.05, 3.63) is 88.7 Å². The van der Waals surface area contributed by atoms with Crippen molar-refractivity contribution in [2.45, 2.75) is 20.6 Å². The zero-order chi connectivity index (χ0) is 19.9. The van der Waals surface area contributed by atoms with Gasteiger partial charge in [-0.15, -0.1) is 0 Å². The van der Waals surface area contributed by atoms with Crippen molar-refractivity contribution in [2.24, 2.45) is 0 Å². The average molecular weight is 527 g/mol. The van der Waals surface area contributed by atoms with E-state index in [0.717, 1.165) is 0 Å². The molecule has 0 saturated heterocycles. The van der Waals surface area contributed by atoms with Gasteiger partial charge in [0.1, 0.15) is 11.6 Å². The number of thioether (sulfide) groups is 1. The van der Waals surface area contributed by atoms with E-state index >= 15 is 0 Å². The fourth-order valence-electron chi connectivity index (χ4n) is 3.08. The summed E-state index contributed by atoms with van der Waals surface area (Å²) < 4.78 is 65.4. The van der Waals surface area contributed by atoms with E-state index in [1.54, 1.807) is 18.6 Å². The van der Waals surface area contributed by atoms with Crippen molar-refractivity contribution >= 4 is 43.6 Å². The molecule has 3 rings (SSSR count). The van der Waals surface area contributed by atoms with Gasteiger partial charge in [0.05, 0.1) is 8.65 Å². The lowest BCUT2D eigenvalue weighted by molar-refractivity contribution is -0.0322. The van der Waals surface area contributed by atoms with Crippen molar-refractivity contribution in [1.82, 2.24) is 0 Å². The summed E-state index contributed by atoms with van der Waals surface area (Å²) in [5, 5.41) is 0. The third-order valence-corrected chi connectivity index (χ3v) is 6.67. The average Bonchev–Trinajstić information content (AvgIpc) is 2.52. The first kappa shape index (κ1) is 20.9. The molecule has 143 valence electrons. The van der Waals surface area contributed by atoms with Gasteiger partial charge in [-0.05, 0) is 35.2 Å². The van der Waals surface area contributed by atoms with Crippen LogP contribution in [-0.2, 0) is 8.65 Å². The minimum Gasteiger partial charge on any atom is -0.207 e. The normalized spacial score (nSPS) is 26.0. The summed E-state index contributed by atoms with van der Waals surface area (Å²) in [5.41, 5.74) is -4.20. The minimum absolute atomic E-state index is 0.0507. The number of benzene rings is 2. The molecular weight excluding hydrogens is 515 g/mol. The van der Waals surface area contributed by atoms with Crippen LogP contribution in [0.2, 0.25) is 0 Å². The molecule has 8 heteroatoms. The molecule has 2 aromatic carbocycles. The maximum atomic E-state index is 14.4. The third-order valence-electron chi connectivity index (χ3n) is 4.10. The van der Waals surface area contributed by atoms with E-state index in [-0.39, 0.29) is 34.2 Å². The lowest BCUT2D eigenvalue weighted by Crippen LogP contribution is -2.35. The fraction of sp³-hybridized carbons (Fsp3) is 0.211. The Bertz CT molecular complexity index is 882. The molecule has 0 bridgehead atoms. The van der Waals surface area contributed by atoms with Crippen LogP contribution in [0.25, 0.3) is 0 Å². The lowest BCUT2D eigenvalue weighted by Gasteiger charge is -2.41. The maximum absolute atomic E-state index is 14.4. The highest BCUT2D eigenvalue weighted by molar-refractivity contribution is 9.10. The molecule has 0 aliphatic heterocycles. The van der Waals surface area contributed by atoms with Gasteiger partial charge < -0.3 is 0 Å². The second-order valence-corrected chi connectivity index (χ2v) is 9.99. The molecule has 2 aromatic rings. The highest BCUT2D eigenvalue weighted by atomic mass is 79.9. The molecule has 1 aliphatic carbocycles. The molecule has 1 aliphatic rings. The Balaban J connectivity index is 2.14. The molecule has 0 aromatic heterocycles. The van der Waals surface area contributed by atoms with Crippen molar-refractivity contribution < 1.29 is 22.0 Å². The number of rotatable bonds is 3. The predicted octanol–water partition coefficient (Wildman–Crippen LogP) is 7.59. The Morgan fingerprint density at radius 2 is 1.37 bits per heavy atom. The van der Waals surface area contributed by atoms with Crippen molar-refractivity contribution in [3.63, 3.8) is 0 Å². The maximum Gasteiger partial charge on any atom is 0.446 e. The second-order valence-electron chi connectivity index (χ2n) is 6.07. The Hall–Kier alpha value is -0.860. The molecule has 0 heterocycles. The van der Waals surface area contributed by atoms with Crippen LogP contribution in [0.4, 0.5) is 22.0 Å². The minimum atomic E-state index is -4.52. The molecule has 2 atom stereocenters. The Morgan fingerprint density at radius 3 is 1.89 bits per heavy atom. The number of hydrogen-bond acceptors (Lipinski definition) is 1. The lowest BCUT2D eigenvalue weighted by atomic mass is 9.78. The topological polar surface area (TPSA) is 0 Å². The molecule has 0 amide bonds. The van der Waals surface area contributed by atoms with Crippen LogP contribution in [-0.4, -0.2) is 5.51 Å². The van der Waals surface area contributed by atoms with E-state index in [1.807, 2.05) is 0 Å². The number of alkyl halides is 5. The molecule has 0 fully saturated rings. The Kier molecular flexibility index (Phi) is 5.81. The zero-order valence-electron chi connectivity index (χ0n) is 13.5. The van der Waals surface area contributed by atoms with E-state index in [1.165, 1.54) is 42.5 Å². The molecule has 27 heavy (non-hydrogen) atoms. The van der Waals surface area contributed by atoms with Gasteiger partial charge >= 0.3 is 5.51 Å². The van der Waals surface area contributed by atoms with E-state index in [4.69, 9.17) is 0 Å². The van der Waals surface area contributed by atoms with Crippen LogP contribution in [0.3, 0.4) is 0 Å². The summed E-state index contributed by atoms with van der Waals surface area (Å²) in [5.74, 6) is -1.14. The van der Waals surface area contributed by atoms with Gasteiger partial charge in [-0.25, -0.2) is 8.78 Å². The van der Waals surface area contributed by atoms with Crippen LogP contribution >= 0.6 is 43.6 Å². The summed E-state index contributed by atoms with van der Waals surface area (Å²) in [4.78, 5) is -0.0507. The van der Waals surface area contributed by atoms with Crippen LogP contribution in [0.5, 0.6) is 0 Å². The SMILES string of the molecule is Fc1ccccc1C1(Br)[CH]C(Br)(c2ccccc2F)CC(SC(F)(F)F)=C1. The molecule has 0 spiro atoms. The van der Waals surface area contributed by atoms with Crippen LogP contribution < -0.4 is 0 Å². The molecule has 0 nitrogen and oxygen atoms in total. The Labute approximate surface area is 174 Å². The van der Waals surface area contributed by atoms with Gasteiger partial charge in [0.15, 0.2) is 0 Å². The first-order valence-corrected chi connectivity index (χ1v) is 10.2. The number of hydrogen-bond donors (Lipinski definition) is 0. The van der Waals surface area contributed by atoms with E-state index < -0.39 is 25.8 Å². The first-order valence-electron chi connectivity index (χ1n) is 7.75. The quantitative estimate of drug-likeness (QED) is 0.293. The fourth-order valence-corrected chi connectivity index (χ4v) is 6.54. The van der Waals surface area contributed by atoms with Crippen molar-refractivity contribution in [2.75, 3.05) is 0 Å². The second kappa shape index (κ2) is 7.52. The van der Waals surface area contributed by atoms with E-state index in [9.17, 15) is 22.0 Å². The zero-order valence-corrected chi connectivity index (χ0v) is 17.5. The summed E-state index contributed by atoms with van der Waals surface area (Å²) >= 11 is 6.55. The standard InChI is InChI=1S/C19H12Br2F5S/c20-17(13-5-1-3-7-15(13)22)9-12(27-19(24,25)26)10-18(21,11-17)14-6-2-4-8-16(14)23/h1-9,11H,10H2. The van der Waals surface area contributed by atoms with E-state index in [0.29, 0.717) is 0 Å². The summed E-state index contributed by atoms with van der Waals surface area (Å²) in [6.07, 6.45) is 2.78. The van der Waals surface area contributed by atoms with Crippen molar-refractivity contribution in [3.8, 4) is 0 Å². The highest BCUT2D eigenvalue weighted by Gasteiger charge is 2.48. The molecule has 2 unspecified atom stereocenters. The first-order chi connectivity index (χ1) is 12.5. The van der Waals surface area contributed by atoms with Gasteiger partial charge in [0, 0.05) is 17.5 Å². The van der Waals surface area contributed by atoms with Gasteiger partial charge in [-0.2, -0.15) is 13.2 Å². The van der Waals surface area contributed by atoms with Gasteiger partial charge in [-0.3, -0.25) is 0 Å². The number of halogens is 7. The third kappa shape index (κ3) is 4.59. The van der Waals surface area contributed by atoms with Gasteiger partial charge in [-0.1, -0.05) is 74.3 Å². The molecule has 0 saturated carbocycles. The van der Waals surface area contributed by atoms with Gasteiger partial charge in [0.25, 0.3) is 0 Å². The van der Waals surface area contributed by atoms with Crippen molar-refractivity contribution in [1.29, 1.82) is 0 Å². The largest absolute Gasteiger partial charge is 0.446 e.